The number of carboxylic acid groups (broad SMARTS) is 1. The Bertz CT molecular complexity index is 830. The van der Waals surface area contributed by atoms with E-state index in [1.807, 2.05) is 0 Å². The average Bonchev–Trinajstić information content (AvgIpc) is 3.26. The molecule has 1 amide bonds. The van der Waals surface area contributed by atoms with Crippen LogP contribution in [0.25, 0.3) is 0 Å². The molecule has 0 radical (unpaired) electrons. The highest BCUT2D eigenvalue weighted by Crippen LogP contribution is 2.56. The maximum atomic E-state index is 11.7. The Morgan fingerprint density at radius 2 is 1.97 bits per heavy atom. The lowest BCUT2D eigenvalue weighted by molar-refractivity contribution is -0.119. The first-order valence-electron chi connectivity index (χ1n) is 9.65. The van der Waals surface area contributed by atoms with E-state index in [-0.39, 0.29) is 47.1 Å². The Hall–Kier alpha value is -2.34. The Labute approximate surface area is 167 Å². The van der Waals surface area contributed by atoms with Gasteiger partial charge in [-0.1, -0.05) is 6.07 Å². The minimum atomic E-state index is -1.50. The predicted octanol–water partition coefficient (Wildman–Crippen LogP) is -1.30. The number of carbonyl (C=O) groups is 2. The van der Waals surface area contributed by atoms with E-state index in [1.165, 1.54) is 6.07 Å². The minimum absolute atomic E-state index is 0.0877. The predicted molar refractivity (Wildman–Crippen MR) is 102 cm³/mol. The second-order valence-corrected chi connectivity index (χ2v) is 8.05. The molecule has 3 aliphatic rings. The molecule has 0 spiro atoms. The molecule has 0 bridgehead atoms. The molecule has 4 atom stereocenters. The van der Waals surface area contributed by atoms with E-state index in [1.54, 1.807) is 6.07 Å². The molecule has 7 N–H and O–H groups in total. The number of nitrogens with zero attached hydrogens (tertiary/aromatic N) is 1. The van der Waals surface area contributed by atoms with Crippen molar-refractivity contribution in [2.45, 2.75) is 42.8 Å². The van der Waals surface area contributed by atoms with Crippen molar-refractivity contribution < 1.29 is 34.6 Å². The van der Waals surface area contributed by atoms with Crippen molar-refractivity contribution in [2.75, 3.05) is 19.6 Å². The lowest BCUT2D eigenvalue weighted by Gasteiger charge is -2.42. The third-order valence-electron chi connectivity index (χ3n) is 6.14. The number of benzene rings is 1. The number of phenols is 1. The second-order valence-electron chi connectivity index (χ2n) is 8.05. The Balaban J connectivity index is 1.40. The fourth-order valence-electron chi connectivity index (χ4n) is 4.33. The number of nitrogens with one attached hydrogen (secondary N) is 1. The normalized spacial score (nSPS) is 29.3. The summed E-state index contributed by atoms with van der Waals surface area (Å²) in [5.74, 6) is -2.66. The SMILES string of the molecule is NC(=O)[C@@H]1C[C@@H](N2CC(Oc3ccc(C4C[C@H]4B(O)O)c(O)c3C(=O)O)C2)CN1. The number of likely N-dealkylation sites (tertiary alicyclic amines) is 1. The maximum absolute atomic E-state index is 11.7. The molecule has 2 heterocycles. The van der Waals surface area contributed by atoms with Gasteiger partial charge in [0, 0.05) is 31.5 Å². The standard InChI is InChI=1S/C18H24BN3O7/c20-17(24)13-3-8(5-21-13)22-6-9(7-22)29-14-2-1-10(11-4-12(11)19(27)28)16(23)15(14)18(25)26/h1-2,8-9,11-13,21,23,27-28H,3-7H2,(H2,20,24)(H,25,26)/t8-,11?,12-,13+/m1/s1. The molecule has 11 heteroatoms. The highest BCUT2D eigenvalue weighted by atomic mass is 16.5. The van der Waals surface area contributed by atoms with Gasteiger partial charge in [-0.2, -0.15) is 0 Å². The summed E-state index contributed by atoms with van der Waals surface area (Å²) in [6.07, 6.45) is 0.889. The van der Waals surface area contributed by atoms with Gasteiger partial charge in [-0.05, 0) is 30.4 Å². The molecule has 0 aromatic heterocycles. The van der Waals surface area contributed by atoms with Crippen LogP contribution in [0.4, 0.5) is 0 Å². The van der Waals surface area contributed by atoms with Gasteiger partial charge in [0.25, 0.3) is 0 Å². The number of rotatable bonds is 7. The van der Waals surface area contributed by atoms with Crippen LogP contribution in [0.2, 0.25) is 5.82 Å². The Morgan fingerprint density at radius 1 is 1.24 bits per heavy atom. The average molecular weight is 405 g/mol. The summed E-state index contributed by atoms with van der Waals surface area (Å²) < 4.78 is 5.82. The van der Waals surface area contributed by atoms with Crippen molar-refractivity contribution in [1.82, 2.24) is 10.2 Å². The van der Waals surface area contributed by atoms with E-state index in [9.17, 15) is 29.9 Å². The smallest absolute Gasteiger partial charge is 0.455 e. The molecule has 1 aromatic rings. The summed E-state index contributed by atoms with van der Waals surface area (Å²) in [5, 5.41) is 41.6. The highest BCUT2D eigenvalue weighted by molar-refractivity contribution is 6.44. The number of nitrogens with two attached hydrogens (primary N) is 1. The van der Waals surface area contributed by atoms with Crippen molar-refractivity contribution in [3.63, 3.8) is 0 Å². The molecule has 4 rings (SSSR count). The van der Waals surface area contributed by atoms with E-state index in [4.69, 9.17) is 10.5 Å². The third-order valence-corrected chi connectivity index (χ3v) is 6.14. The summed E-state index contributed by atoms with van der Waals surface area (Å²) in [6, 6.07) is 2.95. The molecule has 1 aliphatic carbocycles. The largest absolute Gasteiger partial charge is 0.507 e. The molecule has 3 fully saturated rings. The van der Waals surface area contributed by atoms with Crippen molar-refractivity contribution >= 4 is 19.0 Å². The van der Waals surface area contributed by atoms with Crippen LogP contribution in [-0.4, -0.2) is 82.0 Å². The van der Waals surface area contributed by atoms with Gasteiger partial charge in [-0.3, -0.25) is 9.69 Å². The number of hydrogen-bond acceptors (Lipinski definition) is 8. The van der Waals surface area contributed by atoms with Crippen LogP contribution in [0, 0.1) is 0 Å². The van der Waals surface area contributed by atoms with Crippen LogP contribution in [0.15, 0.2) is 12.1 Å². The molecular formula is C18H24BN3O7. The maximum Gasteiger partial charge on any atom is 0.455 e. The number of aromatic hydroxyl groups is 1. The fraction of sp³-hybridized carbons (Fsp3) is 0.556. The molecule has 1 aromatic carbocycles. The minimum Gasteiger partial charge on any atom is -0.507 e. The van der Waals surface area contributed by atoms with Gasteiger partial charge >= 0.3 is 13.1 Å². The molecule has 29 heavy (non-hydrogen) atoms. The first-order valence-corrected chi connectivity index (χ1v) is 9.65. The van der Waals surface area contributed by atoms with Crippen LogP contribution < -0.4 is 15.8 Å². The topological polar surface area (TPSA) is 166 Å². The lowest BCUT2D eigenvalue weighted by Crippen LogP contribution is -2.58. The van der Waals surface area contributed by atoms with Crippen LogP contribution in [0.3, 0.4) is 0 Å². The van der Waals surface area contributed by atoms with Gasteiger partial charge < -0.3 is 36.0 Å². The van der Waals surface area contributed by atoms with Crippen LogP contribution in [0.5, 0.6) is 11.5 Å². The first-order chi connectivity index (χ1) is 13.8. The second kappa shape index (κ2) is 7.49. The summed E-state index contributed by atoms with van der Waals surface area (Å²) in [7, 11) is -1.50. The Kier molecular flexibility index (Phi) is 5.15. The van der Waals surface area contributed by atoms with Crippen molar-refractivity contribution in [2.24, 2.45) is 5.73 Å². The van der Waals surface area contributed by atoms with Crippen LogP contribution >= 0.6 is 0 Å². The van der Waals surface area contributed by atoms with Crippen LogP contribution in [-0.2, 0) is 4.79 Å². The molecule has 10 nitrogen and oxygen atoms in total. The molecular weight excluding hydrogens is 381 g/mol. The van der Waals surface area contributed by atoms with Gasteiger partial charge in [0.15, 0.2) is 0 Å². The molecule has 1 unspecified atom stereocenters. The van der Waals surface area contributed by atoms with Crippen molar-refractivity contribution in [1.29, 1.82) is 0 Å². The zero-order valence-corrected chi connectivity index (χ0v) is 15.7. The molecule has 2 aliphatic heterocycles. The quantitative estimate of drug-likeness (QED) is 0.302. The van der Waals surface area contributed by atoms with Crippen molar-refractivity contribution in [3.8, 4) is 11.5 Å². The summed E-state index contributed by atoms with van der Waals surface area (Å²) in [6.45, 7) is 1.83. The lowest BCUT2D eigenvalue weighted by atomic mass is 9.81. The van der Waals surface area contributed by atoms with E-state index >= 15 is 0 Å². The monoisotopic (exact) mass is 405 g/mol. The van der Waals surface area contributed by atoms with E-state index in [0.717, 1.165) is 0 Å². The zero-order valence-electron chi connectivity index (χ0n) is 15.7. The number of carbonyl (C=O) groups excluding carboxylic acids is 1. The molecule has 156 valence electrons. The van der Waals surface area contributed by atoms with Crippen molar-refractivity contribution in [3.05, 3.63) is 23.3 Å². The molecule has 1 saturated carbocycles. The third kappa shape index (κ3) is 3.78. The van der Waals surface area contributed by atoms with E-state index in [2.05, 4.69) is 10.2 Å². The number of primary amides is 1. The summed E-state index contributed by atoms with van der Waals surface area (Å²) >= 11 is 0. The summed E-state index contributed by atoms with van der Waals surface area (Å²) in [4.78, 5) is 25.1. The number of carboxylic acids is 1. The molecule has 2 saturated heterocycles. The number of ether oxygens (including phenoxy) is 1. The number of aromatic carboxylic acids is 1. The van der Waals surface area contributed by atoms with Crippen LogP contribution in [0.1, 0.15) is 34.7 Å². The van der Waals surface area contributed by atoms with Gasteiger partial charge in [0.05, 0.1) is 6.04 Å². The Morgan fingerprint density at radius 3 is 2.52 bits per heavy atom. The number of hydrogen-bond donors (Lipinski definition) is 6. The highest BCUT2D eigenvalue weighted by Gasteiger charge is 2.48. The fourth-order valence-corrected chi connectivity index (χ4v) is 4.33. The zero-order chi connectivity index (χ0) is 20.9. The first kappa shape index (κ1) is 20.0. The van der Waals surface area contributed by atoms with E-state index < -0.39 is 18.9 Å². The van der Waals surface area contributed by atoms with Gasteiger partial charge in [-0.15, -0.1) is 0 Å². The number of amides is 1. The van der Waals surface area contributed by atoms with Gasteiger partial charge in [0.2, 0.25) is 5.91 Å². The van der Waals surface area contributed by atoms with Gasteiger partial charge in [0.1, 0.15) is 23.2 Å². The van der Waals surface area contributed by atoms with Gasteiger partial charge in [-0.25, -0.2) is 4.79 Å². The van der Waals surface area contributed by atoms with E-state index in [0.29, 0.717) is 38.0 Å². The summed E-state index contributed by atoms with van der Waals surface area (Å²) in [5.41, 5.74) is 5.40.